The number of benzene rings is 2. The molecule has 0 fully saturated rings. The molecule has 0 saturated carbocycles. The van der Waals surface area contributed by atoms with Gasteiger partial charge in [0.1, 0.15) is 0 Å². The summed E-state index contributed by atoms with van der Waals surface area (Å²) < 4.78 is 0.639. The second kappa shape index (κ2) is 5.58. The van der Waals surface area contributed by atoms with Crippen molar-refractivity contribution in [3.8, 4) is 22.5 Å². The van der Waals surface area contributed by atoms with E-state index in [9.17, 15) is 0 Å². The van der Waals surface area contributed by atoms with Crippen molar-refractivity contribution in [2.24, 2.45) is 0 Å². The summed E-state index contributed by atoms with van der Waals surface area (Å²) in [4.78, 5) is 8.58. The first kappa shape index (κ1) is 13.6. The first-order chi connectivity index (χ1) is 10.1. The number of H-pyrrole nitrogens is 2. The maximum absolute atomic E-state index is 5.27. The van der Waals surface area contributed by atoms with Crippen molar-refractivity contribution >= 4 is 17.9 Å². The Hall–Kier alpha value is -2.33. The van der Waals surface area contributed by atoms with E-state index in [4.69, 9.17) is 12.2 Å². The van der Waals surface area contributed by atoms with Gasteiger partial charge in [0.15, 0.2) is 4.77 Å². The Morgan fingerprint density at radius 1 is 0.762 bits per heavy atom. The molecule has 2 N–H and O–H groups in total. The zero-order chi connectivity index (χ0) is 14.8. The van der Waals surface area contributed by atoms with Gasteiger partial charge in [-0.05, 0) is 24.4 Å². The van der Waals surface area contributed by atoms with Crippen LogP contribution in [0.4, 0.5) is 5.69 Å². The summed E-state index contributed by atoms with van der Waals surface area (Å²) in [6.45, 7) is 0. The monoisotopic (exact) mass is 295 g/mol. The van der Waals surface area contributed by atoms with Gasteiger partial charge in [0.25, 0.3) is 0 Å². The third-order valence-electron chi connectivity index (χ3n) is 3.46. The van der Waals surface area contributed by atoms with Gasteiger partial charge in [0.05, 0.1) is 11.4 Å². The minimum atomic E-state index is 0.639. The van der Waals surface area contributed by atoms with E-state index in [1.807, 2.05) is 32.3 Å². The molecule has 0 unspecified atom stereocenters. The number of aromatic nitrogens is 2. The van der Waals surface area contributed by atoms with E-state index >= 15 is 0 Å². The predicted molar refractivity (Wildman–Crippen MR) is 91.2 cm³/mol. The van der Waals surface area contributed by atoms with Gasteiger partial charge >= 0.3 is 0 Å². The van der Waals surface area contributed by atoms with Crippen molar-refractivity contribution in [1.82, 2.24) is 9.97 Å². The average molecular weight is 295 g/mol. The van der Waals surface area contributed by atoms with E-state index in [0.29, 0.717) is 4.77 Å². The topological polar surface area (TPSA) is 34.8 Å². The van der Waals surface area contributed by atoms with E-state index in [1.54, 1.807) is 0 Å². The quantitative estimate of drug-likeness (QED) is 0.699. The highest BCUT2D eigenvalue weighted by atomic mass is 32.1. The Morgan fingerprint density at radius 3 is 1.81 bits per heavy atom. The number of nitrogens with one attached hydrogen (secondary N) is 2. The molecule has 3 rings (SSSR count). The minimum Gasteiger partial charge on any atom is -0.378 e. The number of imidazole rings is 1. The van der Waals surface area contributed by atoms with Crippen molar-refractivity contribution in [3.05, 3.63) is 59.4 Å². The van der Waals surface area contributed by atoms with E-state index < -0.39 is 0 Å². The number of rotatable bonds is 3. The van der Waals surface area contributed by atoms with Crippen LogP contribution < -0.4 is 4.90 Å². The molecule has 1 aromatic heterocycles. The SMILES string of the molecule is CN(C)c1ccc(-c2[nH]c(=S)[nH]c2-c2ccccc2)cc1. The van der Waals surface area contributed by atoms with Gasteiger partial charge in [0, 0.05) is 30.9 Å². The predicted octanol–water partition coefficient (Wildman–Crippen LogP) is 4.47. The van der Waals surface area contributed by atoms with Crippen LogP contribution in [0.5, 0.6) is 0 Å². The van der Waals surface area contributed by atoms with Crippen molar-refractivity contribution < 1.29 is 0 Å². The van der Waals surface area contributed by atoms with E-state index in [-0.39, 0.29) is 0 Å². The molecular formula is C17H17N3S. The van der Waals surface area contributed by atoms with Gasteiger partial charge in [-0.1, -0.05) is 42.5 Å². The van der Waals surface area contributed by atoms with E-state index in [0.717, 1.165) is 22.5 Å². The molecule has 0 atom stereocenters. The lowest BCUT2D eigenvalue weighted by Crippen LogP contribution is -2.07. The molecule has 21 heavy (non-hydrogen) atoms. The summed E-state index contributed by atoms with van der Waals surface area (Å²) in [7, 11) is 4.07. The van der Waals surface area contributed by atoms with Crippen LogP contribution in [-0.4, -0.2) is 24.1 Å². The molecule has 4 heteroatoms. The molecule has 3 aromatic rings. The van der Waals surface area contributed by atoms with Gasteiger partial charge in [0.2, 0.25) is 0 Å². The van der Waals surface area contributed by atoms with Gasteiger partial charge < -0.3 is 14.9 Å². The van der Waals surface area contributed by atoms with Gasteiger partial charge in [-0.3, -0.25) is 0 Å². The van der Waals surface area contributed by atoms with Crippen molar-refractivity contribution in [2.45, 2.75) is 0 Å². The van der Waals surface area contributed by atoms with Gasteiger partial charge in [-0.2, -0.15) is 0 Å². The van der Waals surface area contributed by atoms with Crippen LogP contribution in [-0.2, 0) is 0 Å². The lowest BCUT2D eigenvalue weighted by molar-refractivity contribution is 1.13. The highest BCUT2D eigenvalue weighted by Gasteiger charge is 2.10. The summed E-state index contributed by atoms with van der Waals surface area (Å²) in [5.41, 5.74) is 5.46. The molecule has 0 aliphatic rings. The van der Waals surface area contributed by atoms with E-state index in [1.165, 1.54) is 5.69 Å². The van der Waals surface area contributed by atoms with Crippen molar-refractivity contribution in [2.75, 3.05) is 19.0 Å². The second-order valence-corrected chi connectivity index (χ2v) is 5.54. The van der Waals surface area contributed by atoms with Crippen LogP contribution in [0.3, 0.4) is 0 Å². The molecule has 1 heterocycles. The fraction of sp³-hybridized carbons (Fsp3) is 0.118. The summed E-state index contributed by atoms with van der Waals surface area (Å²) in [6.07, 6.45) is 0. The fourth-order valence-corrected chi connectivity index (χ4v) is 2.55. The third kappa shape index (κ3) is 2.76. The number of anilines is 1. The number of nitrogens with zero attached hydrogens (tertiary/aromatic N) is 1. The summed E-state index contributed by atoms with van der Waals surface area (Å²) in [5.74, 6) is 0. The molecule has 0 spiro atoms. The molecule has 106 valence electrons. The largest absolute Gasteiger partial charge is 0.378 e. The first-order valence-electron chi connectivity index (χ1n) is 6.80. The Morgan fingerprint density at radius 2 is 1.29 bits per heavy atom. The van der Waals surface area contributed by atoms with Crippen LogP contribution in [0.15, 0.2) is 54.6 Å². The van der Waals surface area contributed by atoms with Crippen LogP contribution in [0.1, 0.15) is 0 Å². The lowest BCUT2D eigenvalue weighted by Gasteiger charge is -2.12. The summed E-state index contributed by atoms with van der Waals surface area (Å²) in [6, 6.07) is 18.6. The van der Waals surface area contributed by atoms with E-state index in [2.05, 4.69) is 51.3 Å². The molecule has 0 bridgehead atoms. The number of hydrogen-bond acceptors (Lipinski definition) is 2. The second-order valence-electron chi connectivity index (χ2n) is 5.14. The van der Waals surface area contributed by atoms with Crippen molar-refractivity contribution in [1.29, 1.82) is 0 Å². The Bertz CT molecular complexity index is 783. The zero-order valence-electron chi connectivity index (χ0n) is 12.1. The fourth-order valence-electron chi connectivity index (χ4n) is 2.35. The van der Waals surface area contributed by atoms with Crippen LogP contribution in [0, 0.1) is 4.77 Å². The molecule has 0 saturated heterocycles. The maximum Gasteiger partial charge on any atom is 0.175 e. The minimum absolute atomic E-state index is 0.639. The van der Waals surface area contributed by atoms with Crippen LogP contribution in [0.25, 0.3) is 22.5 Å². The summed E-state index contributed by atoms with van der Waals surface area (Å²) in [5, 5.41) is 0. The standard InChI is InChI=1S/C17H17N3S/c1-20(2)14-10-8-13(9-11-14)16-15(18-17(21)19-16)12-6-4-3-5-7-12/h3-11H,1-2H3,(H2,18,19,21). The smallest absolute Gasteiger partial charge is 0.175 e. The molecule has 0 amide bonds. The van der Waals surface area contributed by atoms with Crippen molar-refractivity contribution in [3.63, 3.8) is 0 Å². The average Bonchev–Trinajstić information content (AvgIpc) is 2.90. The molecule has 0 radical (unpaired) electrons. The van der Waals surface area contributed by atoms with Crippen LogP contribution >= 0.6 is 12.2 Å². The highest BCUT2D eigenvalue weighted by Crippen LogP contribution is 2.30. The highest BCUT2D eigenvalue weighted by molar-refractivity contribution is 7.71. The van der Waals surface area contributed by atoms with Gasteiger partial charge in [-0.25, -0.2) is 0 Å². The number of aromatic amines is 2. The molecule has 0 aliphatic carbocycles. The molecule has 3 nitrogen and oxygen atoms in total. The third-order valence-corrected chi connectivity index (χ3v) is 3.67. The van der Waals surface area contributed by atoms with Crippen LogP contribution in [0.2, 0.25) is 0 Å². The normalized spacial score (nSPS) is 10.6. The molecule has 2 aromatic carbocycles. The Labute approximate surface area is 129 Å². The lowest BCUT2D eigenvalue weighted by atomic mass is 10.0. The zero-order valence-corrected chi connectivity index (χ0v) is 12.9. The number of hydrogen-bond donors (Lipinski definition) is 2. The summed E-state index contributed by atoms with van der Waals surface area (Å²) >= 11 is 5.27. The van der Waals surface area contributed by atoms with Gasteiger partial charge in [-0.15, -0.1) is 0 Å². The first-order valence-corrected chi connectivity index (χ1v) is 7.21. The Balaban J connectivity index is 2.09. The molecule has 0 aliphatic heterocycles. The Kier molecular flexibility index (Phi) is 3.62. The molecular weight excluding hydrogens is 278 g/mol. The maximum atomic E-state index is 5.27.